The Bertz CT molecular complexity index is 1340. The van der Waals surface area contributed by atoms with E-state index in [0.29, 0.717) is 28.2 Å². The molecule has 0 N–H and O–H groups in total. The van der Waals surface area contributed by atoms with E-state index in [1.807, 2.05) is 61.5 Å². The molecule has 1 fully saturated rings. The van der Waals surface area contributed by atoms with Crippen molar-refractivity contribution in [2.75, 3.05) is 18.6 Å². The van der Waals surface area contributed by atoms with E-state index in [2.05, 4.69) is 33.8 Å². The molecule has 0 aliphatic carbocycles. The predicted octanol–water partition coefficient (Wildman–Crippen LogP) is 7.14. The third-order valence-corrected chi connectivity index (χ3v) is 7.02. The van der Waals surface area contributed by atoms with Crippen molar-refractivity contribution < 1.29 is 14.3 Å². The van der Waals surface area contributed by atoms with Gasteiger partial charge in [-0.3, -0.25) is 9.69 Å². The highest BCUT2D eigenvalue weighted by atomic mass is 32.2. The van der Waals surface area contributed by atoms with E-state index in [4.69, 9.17) is 14.5 Å². The zero-order valence-corrected chi connectivity index (χ0v) is 21.8. The molecule has 6 heteroatoms. The number of hydrogen-bond donors (Lipinski definition) is 0. The molecule has 1 aliphatic rings. The average molecular weight is 487 g/mol. The van der Waals surface area contributed by atoms with Gasteiger partial charge in [0.25, 0.3) is 5.91 Å². The molecule has 0 saturated carbocycles. The Hall–Kier alpha value is -3.51. The van der Waals surface area contributed by atoms with Gasteiger partial charge in [0.15, 0.2) is 16.7 Å². The summed E-state index contributed by atoms with van der Waals surface area (Å²) in [5.41, 5.74) is 7.16. The zero-order chi connectivity index (χ0) is 25.1. The van der Waals surface area contributed by atoms with E-state index >= 15 is 0 Å². The summed E-state index contributed by atoms with van der Waals surface area (Å²) >= 11 is 1.38. The van der Waals surface area contributed by atoms with E-state index < -0.39 is 0 Å². The predicted molar refractivity (Wildman–Crippen MR) is 146 cm³/mol. The molecule has 1 amide bonds. The van der Waals surface area contributed by atoms with Crippen LogP contribution < -0.4 is 14.4 Å². The second-order valence-electron chi connectivity index (χ2n) is 8.53. The van der Waals surface area contributed by atoms with Crippen molar-refractivity contribution in [3.05, 3.63) is 87.3 Å². The monoisotopic (exact) mass is 486 g/mol. The maximum absolute atomic E-state index is 13.7. The first-order chi connectivity index (χ1) is 16.8. The third kappa shape index (κ3) is 5.28. The number of anilines is 1. The highest BCUT2D eigenvalue weighted by Gasteiger charge is 2.35. The van der Waals surface area contributed by atoms with Gasteiger partial charge in [-0.1, -0.05) is 18.2 Å². The number of nitrogens with zero attached hydrogens (tertiary/aromatic N) is 2. The summed E-state index contributed by atoms with van der Waals surface area (Å²) in [6.07, 6.45) is 1.88. The molecule has 35 heavy (non-hydrogen) atoms. The highest BCUT2D eigenvalue weighted by molar-refractivity contribution is 8.19. The van der Waals surface area contributed by atoms with Gasteiger partial charge in [0.1, 0.15) is 0 Å². The number of amides is 1. The number of ether oxygens (including phenoxy) is 2. The van der Waals surface area contributed by atoms with Gasteiger partial charge in [0, 0.05) is 0 Å². The van der Waals surface area contributed by atoms with Crippen molar-refractivity contribution in [1.82, 2.24) is 0 Å². The van der Waals surface area contributed by atoms with Crippen molar-refractivity contribution >= 4 is 40.3 Å². The van der Waals surface area contributed by atoms with Crippen LogP contribution in [-0.2, 0) is 4.79 Å². The molecule has 180 valence electrons. The summed E-state index contributed by atoms with van der Waals surface area (Å²) in [5, 5.41) is 0.631. The molecular formula is C29H30N2O3S. The summed E-state index contributed by atoms with van der Waals surface area (Å²) in [6.45, 7) is 10.7. The largest absolute Gasteiger partial charge is 0.493 e. The lowest BCUT2D eigenvalue weighted by atomic mass is 10.1. The van der Waals surface area contributed by atoms with Crippen molar-refractivity contribution in [2.45, 2.75) is 34.6 Å². The van der Waals surface area contributed by atoms with Gasteiger partial charge in [0.05, 0.1) is 30.0 Å². The normalized spacial score (nSPS) is 15.8. The van der Waals surface area contributed by atoms with Gasteiger partial charge in [-0.15, -0.1) is 0 Å². The van der Waals surface area contributed by atoms with E-state index in [1.165, 1.54) is 22.9 Å². The molecule has 0 bridgehead atoms. The number of carbonyl (C=O) groups is 1. The lowest BCUT2D eigenvalue weighted by Gasteiger charge is -2.17. The van der Waals surface area contributed by atoms with Crippen molar-refractivity contribution in [2.24, 2.45) is 4.99 Å². The summed E-state index contributed by atoms with van der Waals surface area (Å²) in [5.74, 6) is 1.21. The highest BCUT2D eigenvalue weighted by Crippen LogP contribution is 2.39. The van der Waals surface area contributed by atoms with Crippen LogP contribution in [0.5, 0.6) is 11.5 Å². The number of methoxy groups -OCH3 is 1. The topological polar surface area (TPSA) is 51.1 Å². The first-order valence-corrected chi connectivity index (χ1v) is 12.4. The number of amidine groups is 1. The maximum Gasteiger partial charge on any atom is 0.271 e. The quantitative estimate of drug-likeness (QED) is 0.348. The molecule has 0 radical (unpaired) electrons. The standard InChI is InChI=1S/C29H30N2O3S/c1-7-34-26-16-22(10-13-25(26)33-6)17-27-28(32)31(24-12-9-19(3)21(5)15-24)29(35-27)30-23-11-8-18(2)20(4)14-23/h8-17H,7H2,1-6H3/b27-17-,30-29?. The minimum atomic E-state index is -0.102. The van der Waals surface area contributed by atoms with Gasteiger partial charge >= 0.3 is 0 Å². The minimum Gasteiger partial charge on any atom is -0.493 e. The fraction of sp³-hybridized carbons (Fsp3) is 0.241. The van der Waals surface area contributed by atoms with E-state index in [-0.39, 0.29) is 5.91 Å². The molecular weight excluding hydrogens is 456 g/mol. The molecule has 3 aromatic rings. The molecule has 4 rings (SSSR count). The lowest BCUT2D eigenvalue weighted by Crippen LogP contribution is -2.28. The molecule has 1 saturated heterocycles. The second kappa shape index (κ2) is 10.4. The van der Waals surface area contributed by atoms with Crippen LogP contribution in [0.25, 0.3) is 6.08 Å². The van der Waals surface area contributed by atoms with E-state index in [9.17, 15) is 4.79 Å². The smallest absolute Gasteiger partial charge is 0.271 e. The van der Waals surface area contributed by atoms with Crippen LogP contribution in [-0.4, -0.2) is 24.8 Å². The minimum absolute atomic E-state index is 0.102. The van der Waals surface area contributed by atoms with E-state index in [0.717, 1.165) is 28.1 Å². The maximum atomic E-state index is 13.7. The Kier molecular flexibility index (Phi) is 7.31. The Labute approximate surface area is 211 Å². The van der Waals surface area contributed by atoms with Crippen LogP contribution in [0.15, 0.2) is 64.5 Å². The number of carbonyl (C=O) groups excluding carboxylic acids is 1. The Balaban J connectivity index is 1.78. The van der Waals surface area contributed by atoms with Gasteiger partial charge in [-0.2, -0.15) is 0 Å². The van der Waals surface area contributed by atoms with Crippen LogP contribution in [0.2, 0.25) is 0 Å². The molecule has 3 aromatic carbocycles. The molecule has 0 atom stereocenters. The summed E-state index contributed by atoms with van der Waals surface area (Å²) in [6, 6.07) is 17.8. The Morgan fingerprint density at radius 1 is 0.886 bits per heavy atom. The van der Waals surface area contributed by atoms with Gasteiger partial charge < -0.3 is 9.47 Å². The molecule has 1 aliphatic heterocycles. The summed E-state index contributed by atoms with van der Waals surface area (Å²) in [4.78, 5) is 20.8. The van der Waals surface area contributed by atoms with Gasteiger partial charge in [0.2, 0.25) is 0 Å². The third-order valence-electron chi connectivity index (χ3n) is 6.06. The van der Waals surface area contributed by atoms with Crippen LogP contribution >= 0.6 is 11.8 Å². The molecule has 1 heterocycles. The molecule has 0 unspecified atom stereocenters. The fourth-order valence-electron chi connectivity index (χ4n) is 3.75. The first kappa shape index (κ1) is 24.6. The summed E-state index contributed by atoms with van der Waals surface area (Å²) < 4.78 is 11.1. The number of aryl methyl sites for hydroxylation is 4. The van der Waals surface area contributed by atoms with E-state index in [1.54, 1.807) is 12.0 Å². The number of hydrogen-bond acceptors (Lipinski definition) is 5. The zero-order valence-electron chi connectivity index (χ0n) is 21.0. The van der Waals surface area contributed by atoms with Gasteiger partial charge in [-0.25, -0.2) is 4.99 Å². The number of aliphatic imine (C=N–C) groups is 1. The van der Waals surface area contributed by atoms with Crippen LogP contribution in [0, 0.1) is 27.7 Å². The second-order valence-corrected chi connectivity index (χ2v) is 9.54. The lowest BCUT2D eigenvalue weighted by molar-refractivity contribution is -0.113. The Morgan fingerprint density at radius 2 is 1.60 bits per heavy atom. The van der Waals surface area contributed by atoms with Crippen LogP contribution in [0.4, 0.5) is 11.4 Å². The SMILES string of the molecule is CCOc1cc(/C=C2\SC(=Nc3ccc(C)c(C)c3)N(c3ccc(C)c(C)c3)C2=O)ccc1OC. The average Bonchev–Trinajstić information content (AvgIpc) is 3.13. The molecule has 5 nitrogen and oxygen atoms in total. The number of thioether (sulfide) groups is 1. The Morgan fingerprint density at radius 3 is 2.26 bits per heavy atom. The van der Waals surface area contributed by atoms with Crippen molar-refractivity contribution in [3.63, 3.8) is 0 Å². The summed E-state index contributed by atoms with van der Waals surface area (Å²) in [7, 11) is 1.61. The van der Waals surface area contributed by atoms with Gasteiger partial charge in [-0.05, 0) is 117 Å². The van der Waals surface area contributed by atoms with Crippen molar-refractivity contribution in [3.8, 4) is 11.5 Å². The first-order valence-electron chi connectivity index (χ1n) is 11.6. The number of benzene rings is 3. The van der Waals surface area contributed by atoms with Crippen molar-refractivity contribution in [1.29, 1.82) is 0 Å². The fourth-order valence-corrected chi connectivity index (χ4v) is 4.75. The van der Waals surface area contributed by atoms with Crippen LogP contribution in [0.3, 0.4) is 0 Å². The molecule has 0 aromatic heterocycles. The number of rotatable bonds is 6. The van der Waals surface area contributed by atoms with Crippen LogP contribution in [0.1, 0.15) is 34.7 Å². The molecule has 0 spiro atoms.